The molecular formula is C28H32N2O7. The predicted octanol–water partition coefficient (Wildman–Crippen LogP) is 3.69. The number of carbonyl (C=O) groups excluding carboxylic acids is 2. The van der Waals surface area contributed by atoms with Gasteiger partial charge in [-0.2, -0.15) is 0 Å². The van der Waals surface area contributed by atoms with Gasteiger partial charge < -0.3 is 23.9 Å². The molecule has 0 aliphatic carbocycles. The van der Waals surface area contributed by atoms with Gasteiger partial charge in [0.15, 0.2) is 0 Å². The Balaban J connectivity index is 1.91. The Morgan fingerprint density at radius 1 is 1.19 bits per heavy atom. The minimum Gasteiger partial charge on any atom is -0.496 e. The average molecular weight is 509 g/mol. The highest BCUT2D eigenvalue weighted by atomic mass is 16.6. The molecule has 0 saturated heterocycles. The summed E-state index contributed by atoms with van der Waals surface area (Å²) in [6.45, 7) is 8.17. The van der Waals surface area contributed by atoms with E-state index in [0.717, 1.165) is 10.9 Å². The van der Waals surface area contributed by atoms with Gasteiger partial charge in [-0.1, -0.05) is 12.1 Å². The van der Waals surface area contributed by atoms with Crippen LogP contribution in [0.3, 0.4) is 0 Å². The number of para-hydroxylation sites is 1. The van der Waals surface area contributed by atoms with Gasteiger partial charge in [-0.3, -0.25) is 14.4 Å². The lowest BCUT2D eigenvalue weighted by Crippen LogP contribution is -2.31. The minimum atomic E-state index is -1.15. The van der Waals surface area contributed by atoms with Crippen LogP contribution in [-0.2, 0) is 32.2 Å². The Morgan fingerprint density at radius 2 is 1.89 bits per heavy atom. The number of aliphatic hydroxyl groups is 1. The zero-order chi connectivity index (χ0) is 27.1. The lowest BCUT2D eigenvalue weighted by Gasteiger charge is -2.24. The quantitative estimate of drug-likeness (QED) is 0.376. The number of aromatic nitrogens is 2. The molecule has 1 aliphatic rings. The molecule has 0 fully saturated rings. The van der Waals surface area contributed by atoms with Crippen LogP contribution in [0, 0.1) is 0 Å². The van der Waals surface area contributed by atoms with E-state index in [0.29, 0.717) is 22.7 Å². The Labute approximate surface area is 215 Å². The fraction of sp³-hybridized carbons (Fsp3) is 0.429. The first kappa shape index (κ1) is 26.3. The number of methoxy groups -OCH3 is 1. The first-order chi connectivity index (χ1) is 17.4. The van der Waals surface area contributed by atoms with Gasteiger partial charge in [0.2, 0.25) is 0 Å². The molecule has 1 aliphatic heterocycles. The van der Waals surface area contributed by atoms with E-state index in [1.54, 1.807) is 47.8 Å². The third kappa shape index (κ3) is 5.09. The number of aliphatic hydroxyl groups excluding tert-OH is 1. The molecule has 1 N–H and O–H groups in total. The molecule has 0 radical (unpaired) electrons. The van der Waals surface area contributed by atoms with E-state index < -0.39 is 41.7 Å². The van der Waals surface area contributed by atoms with E-state index in [4.69, 9.17) is 19.2 Å². The fourth-order valence-electron chi connectivity index (χ4n) is 4.69. The average Bonchev–Trinajstić information content (AvgIpc) is 3.17. The lowest BCUT2D eigenvalue weighted by atomic mass is 9.91. The maximum Gasteiger partial charge on any atom is 0.314 e. The van der Waals surface area contributed by atoms with Gasteiger partial charge >= 0.3 is 11.9 Å². The van der Waals surface area contributed by atoms with Crippen molar-refractivity contribution in [2.75, 3.05) is 7.11 Å². The van der Waals surface area contributed by atoms with Gasteiger partial charge in [0.25, 0.3) is 5.56 Å². The van der Waals surface area contributed by atoms with E-state index in [-0.39, 0.29) is 24.1 Å². The van der Waals surface area contributed by atoms with Crippen LogP contribution >= 0.6 is 0 Å². The molecule has 9 heteroatoms. The molecule has 9 nitrogen and oxygen atoms in total. The van der Waals surface area contributed by atoms with Crippen molar-refractivity contribution in [3.05, 3.63) is 57.4 Å². The number of rotatable bonds is 7. The van der Waals surface area contributed by atoms with Crippen molar-refractivity contribution in [3.63, 3.8) is 0 Å². The third-order valence-corrected chi connectivity index (χ3v) is 6.10. The first-order valence-corrected chi connectivity index (χ1v) is 12.2. The number of fused-ring (bicyclic) bond motifs is 4. The lowest BCUT2D eigenvalue weighted by molar-refractivity contribution is -0.160. The van der Waals surface area contributed by atoms with Crippen molar-refractivity contribution in [1.82, 2.24) is 9.55 Å². The molecule has 0 amide bonds. The van der Waals surface area contributed by atoms with E-state index in [2.05, 4.69) is 0 Å². The molecule has 0 bridgehead atoms. The number of benzene rings is 1. The normalized spacial score (nSPS) is 13.3. The number of ether oxygens (including phenoxy) is 3. The van der Waals surface area contributed by atoms with Crippen molar-refractivity contribution in [1.29, 1.82) is 0 Å². The standard InChI is InChI=1S/C28H32N2O7/c1-15(2)36-27(34)18(12-23(32)37-28(3,4)5)17-11-22-24-19(13-30(22)26(33)20(17)14-31)25(35-6)16-9-7-8-10-21(16)29-24/h7-11,15,18,31H,12-14H2,1-6H3. The Hall–Kier alpha value is -3.72. The third-order valence-electron chi connectivity index (χ3n) is 6.10. The van der Waals surface area contributed by atoms with E-state index in [9.17, 15) is 19.5 Å². The summed E-state index contributed by atoms with van der Waals surface area (Å²) < 4.78 is 18.1. The molecule has 2 aromatic heterocycles. The molecule has 0 saturated carbocycles. The van der Waals surface area contributed by atoms with Gasteiger partial charge in [0, 0.05) is 16.5 Å². The van der Waals surface area contributed by atoms with Gasteiger partial charge in [-0.25, -0.2) is 4.98 Å². The largest absolute Gasteiger partial charge is 0.496 e. The molecule has 4 rings (SSSR count). The van der Waals surface area contributed by atoms with Crippen LogP contribution in [-0.4, -0.2) is 45.4 Å². The maximum atomic E-state index is 13.6. The van der Waals surface area contributed by atoms with Crippen molar-refractivity contribution < 1.29 is 28.9 Å². The summed E-state index contributed by atoms with van der Waals surface area (Å²) in [6.07, 6.45) is -0.792. The molecule has 37 heavy (non-hydrogen) atoms. The Bertz CT molecular complexity index is 1430. The topological polar surface area (TPSA) is 117 Å². The van der Waals surface area contributed by atoms with Crippen molar-refractivity contribution in [2.24, 2.45) is 0 Å². The van der Waals surface area contributed by atoms with E-state index >= 15 is 0 Å². The molecule has 3 aromatic rings. The molecule has 1 atom stereocenters. The van der Waals surface area contributed by atoms with Gasteiger partial charge in [-0.15, -0.1) is 0 Å². The van der Waals surface area contributed by atoms with Crippen LogP contribution in [0.4, 0.5) is 0 Å². The highest BCUT2D eigenvalue weighted by Crippen LogP contribution is 2.41. The maximum absolute atomic E-state index is 13.6. The molecular weight excluding hydrogens is 476 g/mol. The van der Waals surface area contributed by atoms with Crippen LogP contribution in [0.1, 0.15) is 63.6 Å². The monoisotopic (exact) mass is 508 g/mol. The number of esters is 2. The zero-order valence-corrected chi connectivity index (χ0v) is 22.0. The number of nitrogens with zero attached hydrogens (tertiary/aromatic N) is 2. The van der Waals surface area contributed by atoms with Crippen molar-refractivity contribution in [2.45, 2.75) is 71.8 Å². The summed E-state index contributed by atoms with van der Waals surface area (Å²) in [6, 6.07) is 9.15. The van der Waals surface area contributed by atoms with Crippen LogP contribution in [0.5, 0.6) is 5.75 Å². The summed E-state index contributed by atoms with van der Waals surface area (Å²) in [7, 11) is 1.57. The highest BCUT2D eigenvalue weighted by molar-refractivity contribution is 5.91. The second-order valence-corrected chi connectivity index (χ2v) is 10.3. The van der Waals surface area contributed by atoms with Crippen molar-refractivity contribution >= 4 is 22.8 Å². The second kappa shape index (κ2) is 9.97. The molecule has 1 aromatic carbocycles. The Kier molecular flexibility index (Phi) is 7.10. The first-order valence-electron chi connectivity index (χ1n) is 12.2. The van der Waals surface area contributed by atoms with E-state index in [1.165, 1.54) is 4.57 Å². The molecule has 196 valence electrons. The highest BCUT2D eigenvalue weighted by Gasteiger charge is 2.35. The zero-order valence-electron chi connectivity index (χ0n) is 22.0. The molecule has 0 spiro atoms. The summed E-state index contributed by atoms with van der Waals surface area (Å²) in [4.78, 5) is 44.4. The summed E-state index contributed by atoms with van der Waals surface area (Å²) in [5, 5.41) is 11.0. The van der Waals surface area contributed by atoms with Gasteiger partial charge in [-0.05, 0) is 58.4 Å². The number of pyridine rings is 2. The minimum absolute atomic E-state index is 0.0225. The smallest absolute Gasteiger partial charge is 0.314 e. The number of carbonyl (C=O) groups is 2. The van der Waals surface area contributed by atoms with Crippen LogP contribution in [0.2, 0.25) is 0 Å². The van der Waals surface area contributed by atoms with E-state index in [1.807, 2.05) is 24.3 Å². The summed E-state index contributed by atoms with van der Waals surface area (Å²) in [5.74, 6) is -1.83. The SMILES string of the molecule is COc1c2c(nc3ccccc13)-c1cc(C(CC(=O)OC(C)(C)C)C(=O)OC(C)C)c(CO)c(=O)n1C2. The summed E-state index contributed by atoms with van der Waals surface area (Å²) >= 11 is 0. The molecule has 1 unspecified atom stereocenters. The van der Waals surface area contributed by atoms with Crippen LogP contribution in [0.25, 0.3) is 22.3 Å². The van der Waals surface area contributed by atoms with Crippen molar-refractivity contribution in [3.8, 4) is 17.1 Å². The van der Waals surface area contributed by atoms with Gasteiger partial charge in [0.05, 0.1) is 55.6 Å². The molecule has 3 heterocycles. The van der Waals surface area contributed by atoms with Crippen LogP contribution < -0.4 is 10.3 Å². The summed E-state index contributed by atoms with van der Waals surface area (Å²) in [5.41, 5.74) is 1.46. The number of hydrogen-bond donors (Lipinski definition) is 1. The second-order valence-electron chi connectivity index (χ2n) is 10.3. The Morgan fingerprint density at radius 3 is 2.51 bits per heavy atom. The number of hydrogen-bond acceptors (Lipinski definition) is 8. The van der Waals surface area contributed by atoms with Gasteiger partial charge in [0.1, 0.15) is 11.4 Å². The van der Waals surface area contributed by atoms with Crippen LogP contribution in [0.15, 0.2) is 35.1 Å². The fourth-order valence-corrected chi connectivity index (χ4v) is 4.69. The predicted molar refractivity (Wildman–Crippen MR) is 137 cm³/mol.